The Kier molecular flexibility index (Phi) is 5.85. The van der Waals surface area contributed by atoms with Crippen molar-refractivity contribution in [1.82, 2.24) is 9.55 Å². The van der Waals surface area contributed by atoms with Crippen LogP contribution in [0.5, 0.6) is 5.75 Å². The number of hydrogen-bond acceptors (Lipinski definition) is 4. The largest absolute Gasteiger partial charge is 0.573 e. The molecule has 206 valence electrons. The molecule has 5 aromatic rings. The summed E-state index contributed by atoms with van der Waals surface area (Å²) in [6, 6.07) is 13.9. The fraction of sp³-hybridized carbons (Fsp3) is 0.300. The Balaban J connectivity index is 1.40. The van der Waals surface area contributed by atoms with Crippen LogP contribution in [0.15, 0.2) is 48.5 Å². The van der Waals surface area contributed by atoms with Crippen LogP contribution in [0.4, 0.5) is 18.9 Å². The second-order valence-electron chi connectivity index (χ2n) is 10.5. The predicted octanol–water partition coefficient (Wildman–Crippen LogP) is 8.59. The van der Waals surface area contributed by atoms with E-state index < -0.39 is 12.3 Å². The van der Waals surface area contributed by atoms with Crippen molar-refractivity contribution in [3.05, 3.63) is 59.0 Å². The third-order valence-electron chi connectivity index (χ3n) is 8.07. The molecule has 0 spiro atoms. The highest BCUT2D eigenvalue weighted by Gasteiger charge is 2.32. The van der Waals surface area contributed by atoms with Crippen LogP contribution in [-0.4, -0.2) is 33.5 Å². The summed E-state index contributed by atoms with van der Waals surface area (Å²) in [6.45, 7) is 1.35. The molecule has 0 unspecified atom stereocenters. The van der Waals surface area contributed by atoms with Crippen LogP contribution in [0.1, 0.15) is 53.3 Å². The van der Waals surface area contributed by atoms with E-state index in [1.807, 2.05) is 18.2 Å². The molecule has 0 saturated heterocycles. The number of ether oxygens (including phenoxy) is 1. The van der Waals surface area contributed by atoms with Gasteiger partial charge in [0.1, 0.15) is 10.6 Å². The normalized spacial score (nSPS) is 16.0. The number of nitrogens with zero attached hydrogens (tertiary/aromatic N) is 1. The van der Waals surface area contributed by atoms with E-state index in [0.717, 1.165) is 63.7 Å². The predicted molar refractivity (Wildman–Crippen MR) is 151 cm³/mol. The maximum atomic E-state index is 12.8. The summed E-state index contributed by atoms with van der Waals surface area (Å²) in [6.07, 6.45) is 0.960. The zero-order valence-electron chi connectivity index (χ0n) is 21.4. The van der Waals surface area contributed by atoms with Crippen LogP contribution < -0.4 is 10.1 Å². The number of halogens is 3. The summed E-state index contributed by atoms with van der Waals surface area (Å²) in [5.74, 6) is -0.799. The van der Waals surface area contributed by atoms with Crippen molar-refractivity contribution in [2.24, 2.45) is 0 Å². The Labute approximate surface area is 231 Å². The fourth-order valence-corrected chi connectivity index (χ4v) is 7.57. The molecule has 10 heteroatoms. The molecule has 0 atom stereocenters. The van der Waals surface area contributed by atoms with Crippen molar-refractivity contribution in [3.8, 4) is 28.3 Å². The molecule has 2 aromatic carbocycles. The number of carbonyl (C=O) groups is 1. The number of benzene rings is 2. The van der Waals surface area contributed by atoms with Gasteiger partial charge in [-0.15, -0.1) is 24.5 Å². The number of aromatic carboxylic acids is 1. The number of H-pyrrole nitrogens is 1. The first-order valence-corrected chi connectivity index (χ1v) is 14.2. The molecule has 0 radical (unpaired) electrons. The van der Waals surface area contributed by atoms with Crippen molar-refractivity contribution in [3.63, 3.8) is 0 Å². The minimum atomic E-state index is -4.76. The van der Waals surface area contributed by atoms with Crippen LogP contribution in [0.25, 0.3) is 43.6 Å². The van der Waals surface area contributed by atoms with Crippen LogP contribution >= 0.6 is 11.3 Å². The standard InChI is InChI=1S/C30H26F3N3O3S/c31-30(32,33)39-18-8-4-7-17(13-18)22-14-20-21(35-22)10-9-19-26(20)34-11-12-36-23-15-24(29(37)38)40-28(23)25(27(19)36)16-5-2-1-3-6-16/h4,7-10,13-16,34-35H,1-3,5-6,11-12H2,(H,37,38). The van der Waals surface area contributed by atoms with E-state index in [0.29, 0.717) is 35.1 Å². The summed E-state index contributed by atoms with van der Waals surface area (Å²) in [5.41, 5.74) is 7.57. The molecule has 1 fully saturated rings. The van der Waals surface area contributed by atoms with Crippen LogP contribution in [0.2, 0.25) is 0 Å². The van der Waals surface area contributed by atoms with Gasteiger partial charge in [-0.05, 0) is 60.7 Å². The molecule has 2 aliphatic rings. The average molecular weight is 566 g/mol. The summed E-state index contributed by atoms with van der Waals surface area (Å²) in [4.78, 5) is 15.6. The van der Waals surface area contributed by atoms with E-state index in [2.05, 4.69) is 25.7 Å². The average Bonchev–Trinajstić information content (AvgIpc) is 3.58. The van der Waals surface area contributed by atoms with Gasteiger partial charge in [0.05, 0.1) is 21.6 Å². The van der Waals surface area contributed by atoms with Gasteiger partial charge in [-0.3, -0.25) is 0 Å². The number of aromatic amines is 1. The molecule has 4 heterocycles. The topological polar surface area (TPSA) is 79.3 Å². The van der Waals surface area contributed by atoms with Gasteiger partial charge in [-0.1, -0.05) is 31.4 Å². The Hall–Kier alpha value is -3.92. The van der Waals surface area contributed by atoms with Gasteiger partial charge in [0, 0.05) is 40.8 Å². The summed E-state index contributed by atoms with van der Waals surface area (Å²) < 4.78 is 45.9. The number of fused-ring (bicyclic) bond motifs is 7. The third-order valence-corrected chi connectivity index (χ3v) is 9.22. The first kappa shape index (κ1) is 25.1. The summed E-state index contributed by atoms with van der Waals surface area (Å²) >= 11 is 1.37. The van der Waals surface area contributed by atoms with E-state index in [1.165, 1.54) is 35.5 Å². The van der Waals surface area contributed by atoms with Crippen molar-refractivity contribution in [2.75, 3.05) is 11.9 Å². The first-order valence-electron chi connectivity index (χ1n) is 13.4. The lowest BCUT2D eigenvalue weighted by Gasteiger charge is -2.23. The number of rotatable bonds is 4. The molecular formula is C30H26F3N3O3S. The molecule has 1 aliphatic carbocycles. The number of nitrogens with one attached hydrogen (secondary N) is 2. The van der Waals surface area contributed by atoms with E-state index in [1.54, 1.807) is 12.1 Å². The number of carboxylic acid groups (broad SMARTS) is 1. The minimum Gasteiger partial charge on any atom is -0.477 e. The smallest absolute Gasteiger partial charge is 0.477 e. The summed E-state index contributed by atoms with van der Waals surface area (Å²) in [5, 5.41) is 14.3. The minimum absolute atomic E-state index is 0.267. The highest BCUT2D eigenvalue weighted by Crippen LogP contribution is 2.50. The van der Waals surface area contributed by atoms with E-state index in [4.69, 9.17) is 0 Å². The zero-order chi connectivity index (χ0) is 27.6. The molecule has 0 bridgehead atoms. The van der Waals surface area contributed by atoms with Crippen molar-refractivity contribution in [1.29, 1.82) is 0 Å². The third kappa shape index (κ3) is 4.21. The Morgan fingerprint density at radius 1 is 1.07 bits per heavy atom. The van der Waals surface area contributed by atoms with E-state index in [-0.39, 0.29) is 5.75 Å². The number of alkyl halides is 3. The molecule has 3 N–H and O–H groups in total. The lowest BCUT2D eigenvalue weighted by atomic mass is 9.83. The van der Waals surface area contributed by atoms with Gasteiger partial charge in [-0.25, -0.2) is 4.79 Å². The van der Waals surface area contributed by atoms with Crippen molar-refractivity contribution in [2.45, 2.75) is 50.9 Å². The second kappa shape index (κ2) is 9.33. The molecule has 0 amide bonds. The van der Waals surface area contributed by atoms with Gasteiger partial charge in [0.25, 0.3) is 0 Å². The van der Waals surface area contributed by atoms with Crippen LogP contribution in [0.3, 0.4) is 0 Å². The Morgan fingerprint density at radius 2 is 1.90 bits per heavy atom. The monoisotopic (exact) mass is 565 g/mol. The zero-order valence-corrected chi connectivity index (χ0v) is 22.2. The highest BCUT2D eigenvalue weighted by atomic mass is 32.1. The lowest BCUT2D eigenvalue weighted by molar-refractivity contribution is -0.274. The van der Waals surface area contributed by atoms with Gasteiger partial charge in [0.2, 0.25) is 0 Å². The molecule has 1 aliphatic heterocycles. The number of carboxylic acids is 1. The van der Waals surface area contributed by atoms with E-state index >= 15 is 0 Å². The highest BCUT2D eigenvalue weighted by molar-refractivity contribution is 7.21. The van der Waals surface area contributed by atoms with Crippen LogP contribution in [0, 0.1) is 0 Å². The molecule has 1 saturated carbocycles. The number of anilines is 1. The van der Waals surface area contributed by atoms with Gasteiger partial charge < -0.3 is 24.7 Å². The second-order valence-corrected chi connectivity index (χ2v) is 11.6. The van der Waals surface area contributed by atoms with Crippen LogP contribution in [-0.2, 0) is 6.54 Å². The lowest BCUT2D eigenvalue weighted by Crippen LogP contribution is -2.17. The van der Waals surface area contributed by atoms with Gasteiger partial charge in [-0.2, -0.15) is 0 Å². The maximum Gasteiger partial charge on any atom is 0.573 e. The fourth-order valence-electron chi connectivity index (χ4n) is 6.45. The number of hydrogen-bond donors (Lipinski definition) is 3. The number of thiophene rings is 1. The van der Waals surface area contributed by atoms with Gasteiger partial charge >= 0.3 is 12.3 Å². The Bertz CT molecular complexity index is 1780. The summed E-state index contributed by atoms with van der Waals surface area (Å²) in [7, 11) is 0. The molecule has 3 aromatic heterocycles. The first-order chi connectivity index (χ1) is 19.3. The quantitative estimate of drug-likeness (QED) is 0.204. The van der Waals surface area contributed by atoms with Crippen molar-refractivity contribution >= 4 is 44.1 Å². The molecular weight excluding hydrogens is 539 g/mol. The molecule has 6 nitrogen and oxygen atoms in total. The van der Waals surface area contributed by atoms with E-state index in [9.17, 15) is 23.1 Å². The maximum absolute atomic E-state index is 12.8. The molecule has 40 heavy (non-hydrogen) atoms. The number of aromatic nitrogens is 2. The Morgan fingerprint density at radius 3 is 2.67 bits per heavy atom. The van der Waals surface area contributed by atoms with Gasteiger partial charge in [0.15, 0.2) is 0 Å². The van der Waals surface area contributed by atoms with Crippen molar-refractivity contribution < 1.29 is 27.8 Å². The molecule has 7 rings (SSSR count). The SMILES string of the molecule is O=C(O)c1cc2c(s1)c(C1CCCCC1)c1n2CCNc2c-1ccc1[nH]c(-c3cccc(OC(F)(F)F)c3)cc21.